The zero-order chi connectivity index (χ0) is 24.2. The summed E-state index contributed by atoms with van der Waals surface area (Å²) in [6, 6.07) is 6.36. The van der Waals surface area contributed by atoms with E-state index in [2.05, 4.69) is 54.2 Å². The van der Waals surface area contributed by atoms with Crippen LogP contribution in [0.3, 0.4) is 0 Å². The molecular weight excluding hydrogens is 464 g/mol. The van der Waals surface area contributed by atoms with Crippen LogP contribution in [0.15, 0.2) is 27.9 Å². The van der Waals surface area contributed by atoms with Crippen LogP contribution >= 0.6 is 23.1 Å². The fourth-order valence-corrected chi connectivity index (χ4v) is 6.59. The van der Waals surface area contributed by atoms with Crippen molar-refractivity contribution in [2.75, 3.05) is 26.2 Å². The minimum atomic E-state index is -0.173. The number of benzene rings is 1. The number of fused-ring (bicyclic) bond motifs is 1. The Hall–Kier alpha value is -2.16. The van der Waals surface area contributed by atoms with Crippen LogP contribution in [0.2, 0.25) is 0 Å². The molecule has 0 saturated carbocycles. The van der Waals surface area contributed by atoms with Crippen molar-refractivity contribution in [2.45, 2.75) is 57.6 Å². The first-order valence-corrected chi connectivity index (χ1v) is 13.8. The smallest absolute Gasteiger partial charge is 0.261 e. The van der Waals surface area contributed by atoms with E-state index in [0.29, 0.717) is 44.7 Å². The molecule has 1 amide bonds. The fourth-order valence-electron chi connectivity index (χ4n) is 4.48. The van der Waals surface area contributed by atoms with Crippen molar-refractivity contribution in [3.8, 4) is 0 Å². The van der Waals surface area contributed by atoms with Crippen LogP contribution in [0.25, 0.3) is 10.2 Å². The molecule has 4 rings (SSSR count). The van der Waals surface area contributed by atoms with E-state index in [1.165, 1.54) is 46.6 Å². The van der Waals surface area contributed by atoms with Gasteiger partial charge >= 0.3 is 0 Å². The summed E-state index contributed by atoms with van der Waals surface area (Å²) in [5.41, 5.74) is 2.95. The first-order chi connectivity index (χ1) is 16.3. The molecule has 1 atom stereocenters. The number of carbonyl (C=O) groups is 1. The van der Waals surface area contributed by atoms with E-state index in [-0.39, 0.29) is 11.5 Å². The summed E-state index contributed by atoms with van der Waals surface area (Å²) >= 11 is 2.98. The maximum Gasteiger partial charge on any atom is 0.261 e. The molecule has 1 aromatic carbocycles. The Balaban J connectivity index is 1.43. The van der Waals surface area contributed by atoms with Gasteiger partial charge < -0.3 is 15.2 Å². The summed E-state index contributed by atoms with van der Waals surface area (Å²) in [6.45, 7) is 12.1. The van der Waals surface area contributed by atoms with Crippen molar-refractivity contribution in [1.29, 1.82) is 0 Å². The van der Waals surface area contributed by atoms with Gasteiger partial charge in [0.25, 0.3) is 11.5 Å². The molecule has 1 aliphatic rings. The van der Waals surface area contributed by atoms with Crippen molar-refractivity contribution in [3.63, 3.8) is 0 Å². The standard InChI is InChI=1S/C26H34N4O2S2/c1-16-8-9-18(3)20(12-16)33-15-21-28-24(31)22-19(4)23(34-26(22)29-21)25(32)27-13-17(2)14-30-10-6-5-7-11-30/h8-9,12,17H,5-7,10-11,13-15H2,1-4H3,(H,27,32)(H,28,29,31). The van der Waals surface area contributed by atoms with E-state index in [9.17, 15) is 9.59 Å². The highest BCUT2D eigenvalue weighted by Gasteiger charge is 2.20. The maximum atomic E-state index is 12.9. The highest BCUT2D eigenvalue weighted by molar-refractivity contribution is 7.98. The number of hydrogen-bond acceptors (Lipinski definition) is 6. The number of hydrogen-bond donors (Lipinski definition) is 2. The highest BCUT2D eigenvalue weighted by atomic mass is 32.2. The molecule has 0 aliphatic carbocycles. The third kappa shape index (κ3) is 5.90. The molecule has 34 heavy (non-hydrogen) atoms. The Morgan fingerprint density at radius 3 is 2.76 bits per heavy atom. The summed E-state index contributed by atoms with van der Waals surface area (Å²) in [6.07, 6.45) is 3.87. The Labute approximate surface area is 209 Å². The van der Waals surface area contributed by atoms with Crippen molar-refractivity contribution < 1.29 is 4.79 Å². The number of aromatic amines is 1. The summed E-state index contributed by atoms with van der Waals surface area (Å²) in [5, 5.41) is 3.61. The summed E-state index contributed by atoms with van der Waals surface area (Å²) < 4.78 is 0. The second-order valence-corrected chi connectivity index (χ2v) is 11.5. The van der Waals surface area contributed by atoms with Crippen molar-refractivity contribution in [2.24, 2.45) is 5.92 Å². The minimum Gasteiger partial charge on any atom is -0.351 e. The Morgan fingerprint density at radius 2 is 2.00 bits per heavy atom. The van der Waals surface area contributed by atoms with Crippen LogP contribution in [0.5, 0.6) is 0 Å². The molecule has 1 fully saturated rings. The van der Waals surface area contributed by atoms with Gasteiger partial charge in [-0.15, -0.1) is 23.1 Å². The quantitative estimate of drug-likeness (QED) is 0.425. The van der Waals surface area contributed by atoms with Gasteiger partial charge in [0.2, 0.25) is 0 Å². The van der Waals surface area contributed by atoms with Gasteiger partial charge in [-0.05, 0) is 69.8 Å². The van der Waals surface area contributed by atoms with Crippen LogP contribution in [-0.2, 0) is 5.75 Å². The molecule has 1 unspecified atom stereocenters. The second-order valence-electron chi connectivity index (χ2n) is 9.48. The average molecular weight is 499 g/mol. The molecule has 1 saturated heterocycles. The Bertz CT molecular complexity index is 1230. The number of nitrogens with one attached hydrogen (secondary N) is 2. The molecule has 0 radical (unpaired) electrons. The predicted octanol–water partition coefficient (Wildman–Crippen LogP) is 5.05. The summed E-state index contributed by atoms with van der Waals surface area (Å²) in [4.78, 5) is 38.3. The number of thiophene rings is 1. The molecule has 2 aromatic heterocycles. The average Bonchev–Trinajstić information content (AvgIpc) is 3.15. The SMILES string of the molecule is Cc1ccc(C)c(SCc2nc3sc(C(=O)NCC(C)CN4CCCCC4)c(C)c3c(=O)[nH]2)c1. The Kier molecular flexibility index (Phi) is 8.11. The first-order valence-electron chi connectivity index (χ1n) is 12.0. The minimum absolute atomic E-state index is 0.114. The van der Waals surface area contributed by atoms with Crippen molar-refractivity contribution >= 4 is 39.2 Å². The van der Waals surface area contributed by atoms with Gasteiger partial charge in [0.05, 0.1) is 16.0 Å². The summed E-state index contributed by atoms with van der Waals surface area (Å²) in [7, 11) is 0. The van der Waals surface area contributed by atoms with Crippen LogP contribution in [-0.4, -0.2) is 47.0 Å². The monoisotopic (exact) mass is 498 g/mol. The van der Waals surface area contributed by atoms with Crippen LogP contribution < -0.4 is 10.9 Å². The van der Waals surface area contributed by atoms with E-state index in [1.807, 2.05) is 6.92 Å². The molecule has 0 spiro atoms. The van der Waals surface area contributed by atoms with Crippen molar-refractivity contribution in [1.82, 2.24) is 20.2 Å². The number of thioether (sulfide) groups is 1. The zero-order valence-electron chi connectivity index (χ0n) is 20.5. The number of likely N-dealkylation sites (tertiary alicyclic amines) is 1. The maximum absolute atomic E-state index is 12.9. The highest BCUT2D eigenvalue weighted by Crippen LogP contribution is 2.29. The molecule has 182 valence electrons. The molecule has 1 aliphatic heterocycles. The van der Waals surface area contributed by atoms with Crippen LogP contribution in [0.4, 0.5) is 0 Å². The fraction of sp³-hybridized carbons (Fsp3) is 0.500. The molecule has 6 nitrogen and oxygen atoms in total. The number of H-pyrrole nitrogens is 1. The van der Waals surface area contributed by atoms with Gasteiger partial charge in [0.1, 0.15) is 10.7 Å². The molecule has 0 bridgehead atoms. The van der Waals surface area contributed by atoms with Crippen molar-refractivity contribution in [3.05, 3.63) is 55.9 Å². The molecule has 8 heteroatoms. The van der Waals surface area contributed by atoms with E-state index < -0.39 is 0 Å². The number of piperidine rings is 1. The third-order valence-corrected chi connectivity index (χ3v) is 8.75. The lowest BCUT2D eigenvalue weighted by atomic mass is 10.1. The molecule has 2 N–H and O–H groups in total. The molecular formula is C26H34N4O2S2. The first kappa shape index (κ1) is 24.9. The number of rotatable bonds is 8. The normalized spacial score (nSPS) is 15.5. The van der Waals surface area contributed by atoms with Gasteiger partial charge in [0.15, 0.2) is 0 Å². The predicted molar refractivity (Wildman–Crippen MR) is 142 cm³/mol. The van der Waals surface area contributed by atoms with Crippen LogP contribution in [0, 0.1) is 26.7 Å². The topological polar surface area (TPSA) is 78.1 Å². The van der Waals surface area contributed by atoms with E-state index in [0.717, 1.165) is 19.6 Å². The number of aromatic nitrogens is 2. The van der Waals surface area contributed by atoms with Gasteiger partial charge in [-0.1, -0.05) is 31.0 Å². The van der Waals surface area contributed by atoms with Gasteiger partial charge in [0, 0.05) is 18.0 Å². The van der Waals surface area contributed by atoms with Gasteiger partial charge in [-0.25, -0.2) is 4.98 Å². The summed E-state index contributed by atoms with van der Waals surface area (Å²) in [5.74, 6) is 1.47. The number of nitrogens with zero attached hydrogens (tertiary/aromatic N) is 2. The Morgan fingerprint density at radius 1 is 1.24 bits per heavy atom. The lowest BCUT2D eigenvalue weighted by Gasteiger charge is -2.29. The molecule has 3 heterocycles. The lowest BCUT2D eigenvalue weighted by molar-refractivity contribution is 0.0946. The zero-order valence-corrected chi connectivity index (χ0v) is 22.1. The largest absolute Gasteiger partial charge is 0.351 e. The number of amides is 1. The number of carbonyl (C=O) groups excluding carboxylic acids is 1. The van der Waals surface area contributed by atoms with Gasteiger partial charge in [-0.3, -0.25) is 9.59 Å². The number of aryl methyl sites for hydroxylation is 3. The van der Waals surface area contributed by atoms with E-state index >= 15 is 0 Å². The van der Waals surface area contributed by atoms with E-state index in [1.54, 1.807) is 11.8 Å². The van der Waals surface area contributed by atoms with Crippen LogP contribution in [0.1, 0.15) is 58.4 Å². The second kappa shape index (κ2) is 11.1. The lowest BCUT2D eigenvalue weighted by Crippen LogP contribution is -2.38. The molecule has 3 aromatic rings. The van der Waals surface area contributed by atoms with Gasteiger partial charge in [-0.2, -0.15) is 0 Å². The third-order valence-electron chi connectivity index (χ3n) is 6.39. The van der Waals surface area contributed by atoms with E-state index in [4.69, 9.17) is 4.98 Å².